The minimum atomic E-state index is -0.354. The van der Waals surface area contributed by atoms with E-state index < -0.39 is 0 Å². The number of ether oxygens (including phenoxy) is 2. The molecule has 0 bridgehead atoms. The number of halogens is 1. The highest BCUT2D eigenvalue weighted by molar-refractivity contribution is 8.00. The highest BCUT2D eigenvalue weighted by Gasteiger charge is 2.48. The lowest BCUT2D eigenvalue weighted by molar-refractivity contribution is -0.137. The van der Waals surface area contributed by atoms with Crippen molar-refractivity contribution in [3.8, 4) is 0 Å². The number of thioether (sulfide) groups is 1. The summed E-state index contributed by atoms with van der Waals surface area (Å²) in [6, 6.07) is 0.142. The number of fused-ring (bicyclic) bond motifs is 1. The monoisotopic (exact) mass is 573 g/mol. The van der Waals surface area contributed by atoms with Gasteiger partial charge < -0.3 is 25.0 Å². The summed E-state index contributed by atoms with van der Waals surface area (Å²) >= 11 is 8.19. The fourth-order valence-corrected chi connectivity index (χ4v) is 8.64. The zero-order valence-corrected chi connectivity index (χ0v) is 24.3. The molecule has 0 radical (unpaired) electrons. The van der Waals surface area contributed by atoms with Crippen LogP contribution in [0.4, 0.5) is 0 Å². The van der Waals surface area contributed by atoms with Crippen LogP contribution < -0.4 is 31.9 Å². The van der Waals surface area contributed by atoms with Crippen LogP contribution in [0.15, 0.2) is 0 Å². The Morgan fingerprint density at radius 2 is 1.71 bits per heavy atom. The number of amides is 2. The fourth-order valence-electron chi connectivity index (χ4n) is 6.94. The smallest absolute Gasteiger partial charge is 0.242 e. The van der Waals surface area contributed by atoms with Gasteiger partial charge in [0, 0.05) is 64.3 Å². The summed E-state index contributed by atoms with van der Waals surface area (Å²) in [5.41, 5.74) is -0.259. The van der Waals surface area contributed by atoms with Crippen molar-refractivity contribution in [3.63, 3.8) is 0 Å². The molecule has 5 aliphatic heterocycles. The summed E-state index contributed by atoms with van der Waals surface area (Å²) in [6.07, 6.45) is 1.63. The van der Waals surface area contributed by atoms with Gasteiger partial charge in [-0.15, -0.1) is 23.4 Å². The predicted octanol–water partition coefficient (Wildman–Crippen LogP) is -0.972. The molecule has 0 spiro atoms. The minimum Gasteiger partial charge on any atom is -0.380 e. The molecule has 5 saturated heterocycles. The minimum absolute atomic E-state index is 0.0487. The summed E-state index contributed by atoms with van der Waals surface area (Å²) in [5.74, 6) is 0.444. The van der Waals surface area contributed by atoms with Gasteiger partial charge in [-0.2, -0.15) is 0 Å². The van der Waals surface area contributed by atoms with Crippen LogP contribution in [0, 0.1) is 17.8 Å². The Bertz CT molecular complexity index is 847. The number of nitrogens with zero attached hydrogens (tertiary/aromatic N) is 1. The van der Waals surface area contributed by atoms with Gasteiger partial charge in [0.25, 0.3) is 0 Å². The maximum atomic E-state index is 13.6. The quantitative estimate of drug-likeness (QED) is 0.174. The van der Waals surface area contributed by atoms with E-state index in [0.29, 0.717) is 38.8 Å². The second-order valence-electron chi connectivity index (χ2n) is 11.5. The van der Waals surface area contributed by atoms with Crippen LogP contribution in [-0.4, -0.2) is 116 Å². The second-order valence-corrected chi connectivity index (χ2v) is 13.4. The van der Waals surface area contributed by atoms with Crippen molar-refractivity contribution in [2.24, 2.45) is 17.8 Å². The standard InChI is InChI=1S/C25H44ClN7O4S/c1-12-5-14(15-6-21(26)29-8-18(15)36-3)16(7-27-12)23(34)32-25-31-17-10-33(11-20(17)38-25)24(35)22-19(37-4)9-28-13(2)30-22/h12-22,25,27-31H,5-11H2,1-4H3,(H,32,34). The summed E-state index contributed by atoms with van der Waals surface area (Å²) < 4.78 is 11.4. The van der Waals surface area contributed by atoms with Crippen LogP contribution in [0.5, 0.6) is 0 Å². The van der Waals surface area contributed by atoms with Crippen LogP contribution in [0.3, 0.4) is 0 Å². The lowest BCUT2D eigenvalue weighted by Gasteiger charge is -2.45. The Labute approximate surface area is 235 Å². The van der Waals surface area contributed by atoms with Gasteiger partial charge in [0.15, 0.2) is 0 Å². The number of methoxy groups -OCH3 is 2. The van der Waals surface area contributed by atoms with Gasteiger partial charge in [-0.1, -0.05) is 0 Å². The van der Waals surface area contributed by atoms with Gasteiger partial charge in [-0.3, -0.25) is 30.9 Å². The highest BCUT2D eigenvalue weighted by atomic mass is 35.5. The van der Waals surface area contributed by atoms with Crippen LogP contribution in [-0.2, 0) is 19.1 Å². The highest BCUT2D eigenvalue weighted by Crippen LogP contribution is 2.38. The zero-order valence-electron chi connectivity index (χ0n) is 22.7. The third-order valence-corrected chi connectivity index (χ3v) is 10.7. The largest absolute Gasteiger partial charge is 0.380 e. The SMILES string of the molecule is COC1CNC(C)NC1C(=O)N1CC2NC(NC(=O)C3CNC(C)CC3C3CC(Cl)NCC3OC)SC2C1. The van der Waals surface area contributed by atoms with E-state index in [1.54, 1.807) is 26.0 Å². The maximum absolute atomic E-state index is 13.6. The summed E-state index contributed by atoms with van der Waals surface area (Å²) in [5, 5.41) is 20.5. The number of alkyl halides is 1. The van der Waals surface area contributed by atoms with Gasteiger partial charge >= 0.3 is 0 Å². The first-order chi connectivity index (χ1) is 18.3. The third kappa shape index (κ3) is 6.13. The molecule has 12 atom stereocenters. The van der Waals surface area contributed by atoms with E-state index in [0.717, 1.165) is 12.8 Å². The van der Waals surface area contributed by atoms with Gasteiger partial charge in [0.2, 0.25) is 11.8 Å². The average molecular weight is 574 g/mol. The number of carbonyl (C=O) groups is 2. The van der Waals surface area contributed by atoms with E-state index in [1.165, 1.54) is 0 Å². The van der Waals surface area contributed by atoms with E-state index in [9.17, 15) is 9.59 Å². The predicted molar refractivity (Wildman–Crippen MR) is 148 cm³/mol. The van der Waals surface area contributed by atoms with E-state index in [2.05, 4.69) is 38.8 Å². The Balaban J connectivity index is 1.17. The Kier molecular flexibility index (Phi) is 9.43. The fraction of sp³-hybridized carbons (Fsp3) is 0.920. The number of hydrogen-bond acceptors (Lipinski definition) is 10. The van der Waals surface area contributed by atoms with Crippen molar-refractivity contribution >= 4 is 35.2 Å². The number of nitrogens with one attached hydrogen (secondary N) is 6. The molecule has 5 fully saturated rings. The number of likely N-dealkylation sites (tertiary alicyclic amines) is 1. The van der Waals surface area contributed by atoms with Crippen LogP contribution >= 0.6 is 23.4 Å². The molecule has 2 amide bonds. The molecule has 216 valence electrons. The molecule has 5 aliphatic rings. The number of carbonyl (C=O) groups excluding carboxylic acids is 2. The molecule has 0 aromatic carbocycles. The molecule has 38 heavy (non-hydrogen) atoms. The molecule has 13 heteroatoms. The lowest BCUT2D eigenvalue weighted by atomic mass is 9.70. The molecule has 5 heterocycles. The molecule has 0 aromatic rings. The van der Waals surface area contributed by atoms with E-state index in [4.69, 9.17) is 21.1 Å². The number of rotatable bonds is 6. The molecular formula is C25H44ClN7O4S. The first kappa shape index (κ1) is 28.8. The van der Waals surface area contributed by atoms with Crippen LogP contribution in [0.25, 0.3) is 0 Å². The van der Waals surface area contributed by atoms with Crippen LogP contribution in [0.2, 0.25) is 0 Å². The Morgan fingerprint density at radius 1 is 0.947 bits per heavy atom. The topological polar surface area (TPSA) is 128 Å². The summed E-state index contributed by atoms with van der Waals surface area (Å²) in [4.78, 5) is 28.9. The molecule has 12 unspecified atom stereocenters. The normalized spacial score (nSPS) is 45.6. The Morgan fingerprint density at radius 3 is 2.45 bits per heavy atom. The summed E-state index contributed by atoms with van der Waals surface area (Å²) in [6.45, 7) is 7.49. The average Bonchev–Trinajstić information content (AvgIpc) is 3.47. The second kappa shape index (κ2) is 12.4. The van der Waals surface area contributed by atoms with Crippen molar-refractivity contribution in [3.05, 3.63) is 0 Å². The molecule has 6 N–H and O–H groups in total. The molecule has 0 saturated carbocycles. The molecule has 0 aromatic heterocycles. The summed E-state index contributed by atoms with van der Waals surface area (Å²) in [7, 11) is 3.39. The number of piperidine rings is 2. The van der Waals surface area contributed by atoms with Crippen molar-refractivity contribution in [1.29, 1.82) is 0 Å². The first-order valence-corrected chi connectivity index (χ1v) is 15.3. The van der Waals surface area contributed by atoms with Crippen LogP contribution in [0.1, 0.15) is 26.7 Å². The number of hydrogen-bond donors (Lipinski definition) is 6. The molecule has 11 nitrogen and oxygen atoms in total. The Hall–Kier alpha value is -0.700. The molecule has 5 rings (SSSR count). The van der Waals surface area contributed by atoms with Gasteiger partial charge in [-0.05, 0) is 38.5 Å². The van der Waals surface area contributed by atoms with Crippen molar-refractivity contribution in [1.82, 2.24) is 36.8 Å². The van der Waals surface area contributed by atoms with Crippen molar-refractivity contribution < 1.29 is 19.1 Å². The van der Waals surface area contributed by atoms with Gasteiger partial charge in [0.05, 0.1) is 29.8 Å². The van der Waals surface area contributed by atoms with Gasteiger partial charge in [-0.25, -0.2) is 0 Å². The molecular weight excluding hydrogens is 530 g/mol. The van der Waals surface area contributed by atoms with E-state index >= 15 is 0 Å². The first-order valence-electron chi connectivity index (χ1n) is 13.9. The van der Waals surface area contributed by atoms with Crippen molar-refractivity contribution in [2.45, 2.75) is 79.4 Å². The third-order valence-electron chi connectivity index (χ3n) is 9.04. The van der Waals surface area contributed by atoms with Crippen molar-refractivity contribution in [2.75, 3.05) is 46.9 Å². The van der Waals surface area contributed by atoms with E-state index in [-0.39, 0.29) is 76.3 Å². The van der Waals surface area contributed by atoms with E-state index in [1.807, 2.05) is 11.8 Å². The maximum Gasteiger partial charge on any atom is 0.242 e. The van der Waals surface area contributed by atoms with Gasteiger partial charge in [0.1, 0.15) is 11.5 Å². The zero-order chi connectivity index (χ0) is 27.0. The molecule has 0 aliphatic carbocycles. The lowest BCUT2D eigenvalue weighted by Crippen LogP contribution is -2.65.